The Kier molecular flexibility index (Phi) is 6.11. The summed E-state index contributed by atoms with van der Waals surface area (Å²) < 4.78 is 10.7. The van der Waals surface area contributed by atoms with E-state index >= 15 is 0 Å². The highest BCUT2D eigenvalue weighted by atomic mass is 16.5. The highest BCUT2D eigenvalue weighted by molar-refractivity contribution is 5.39. The standard InChI is InChI=1S/C13H19NO2/c1-3-14-10-6-7-11-16-13-9-5-4-8-12(13)15-2/h4-9,14H,3,10-11H2,1-2H3/b7-6+. The van der Waals surface area contributed by atoms with Crippen LogP contribution in [0, 0.1) is 0 Å². The molecule has 0 fully saturated rings. The van der Waals surface area contributed by atoms with E-state index in [9.17, 15) is 0 Å². The lowest BCUT2D eigenvalue weighted by molar-refractivity contribution is 0.326. The van der Waals surface area contributed by atoms with Gasteiger partial charge in [-0.1, -0.05) is 31.2 Å². The van der Waals surface area contributed by atoms with Crippen LogP contribution in [0.15, 0.2) is 36.4 Å². The second kappa shape index (κ2) is 7.77. The Morgan fingerprint density at radius 1 is 1.19 bits per heavy atom. The summed E-state index contributed by atoms with van der Waals surface area (Å²) in [6, 6.07) is 7.64. The molecule has 0 amide bonds. The van der Waals surface area contributed by atoms with E-state index in [0.29, 0.717) is 6.61 Å². The summed E-state index contributed by atoms with van der Waals surface area (Å²) in [6.45, 7) is 4.51. The largest absolute Gasteiger partial charge is 0.493 e. The fraction of sp³-hybridized carbons (Fsp3) is 0.385. The number of hydrogen-bond donors (Lipinski definition) is 1. The number of nitrogens with one attached hydrogen (secondary N) is 1. The lowest BCUT2D eigenvalue weighted by Gasteiger charge is -2.08. The molecule has 0 bridgehead atoms. The quantitative estimate of drug-likeness (QED) is 0.566. The van der Waals surface area contributed by atoms with Gasteiger partial charge < -0.3 is 14.8 Å². The summed E-state index contributed by atoms with van der Waals surface area (Å²) in [6.07, 6.45) is 4.05. The zero-order valence-corrected chi connectivity index (χ0v) is 9.90. The topological polar surface area (TPSA) is 30.5 Å². The van der Waals surface area contributed by atoms with E-state index in [1.54, 1.807) is 7.11 Å². The van der Waals surface area contributed by atoms with E-state index in [0.717, 1.165) is 24.6 Å². The van der Waals surface area contributed by atoms with Crippen molar-refractivity contribution in [1.82, 2.24) is 5.32 Å². The first-order chi connectivity index (χ1) is 7.88. The fourth-order valence-electron chi connectivity index (χ4n) is 1.25. The van der Waals surface area contributed by atoms with Gasteiger partial charge in [0.2, 0.25) is 0 Å². The van der Waals surface area contributed by atoms with E-state index in [1.807, 2.05) is 30.3 Å². The molecule has 0 aliphatic heterocycles. The summed E-state index contributed by atoms with van der Waals surface area (Å²) in [5.74, 6) is 1.54. The zero-order chi connectivity index (χ0) is 11.6. The van der Waals surface area contributed by atoms with Crippen LogP contribution in [0.2, 0.25) is 0 Å². The Morgan fingerprint density at radius 2 is 1.94 bits per heavy atom. The van der Waals surface area contributed by atoms with Gasteiger partial charge >= 0.3 is 0 Å². The maximum absolute atomic E-state index is 5.57. The number of benzene rings is 1. The molecule has 88 valence electrons. The lowest BCUT2D eigenvalue weighted by Crippen LogP contribution is -2.11. The predicted molar refractivity (Wildman–Crippen MR) is 66.2 cm³/mol. The summed E-state index contributed by atoms with van der Waals surface area (Å²) in [4.78, 5) is 0. The van der Waals surface area contributed by atoms with Crippen LogP contribution in [0.4, 0.5) is 0 Å². The van der Waals surface area contributed by atoms with Crippen molar-refractivity contribution in [2.45, 2.75) is 6.92 Å². The van der Waals surface area contributed by atoms with Gasteiger partial charge in [0.25, 0.3) is 0 Å². The van der Waals surface area contributed by atoms with Crippen LogP contribution in [0.1, 0.15) is 6.92 Å². The molecule has 1 rings (SSSR count). The van der Waals surface area contributed by atoms with Crippen molar-refractivity contribution >= 4 is 0 Å². The monoisotopic (exact) mass is 221 g/mol. The summed E-state index contributed by atoms with van der Waals surface area (Å²) in [5, 5.41) is 3.20. The molecule has 0 saturated heterocycles. The molecular formula is C13H19NO2. The van der Waals surface area contributed by atoms with Crippen molar-refractivity contribution < 1.29 is 9.47 Å². The molecule has 0 atom stereocenters. The van der Waals surface area contributed by atoms with Crippen LogP contribution >= 0.6 is 0 Å². The van der Waals surface area contributed by atoms with Crippen LogP contribution in [0.25, 0.3) is 0 Å². The van der Waals surface area contributed by atoms with Crippen molar-refractivity contribution in [1.29, 1.82) is 0 Å². The normalized spacial score (nSPS) is 10.6. The van der Waals surface area contributed by atoms with E-state index in [2.05, 4.69) is 18.3 Å². The Bertz CT molecular complexity index is 323. The van der Waals surface area contributed by atoms with E-state index in [-0.39, 0.29) is 0 Å². The van der Waals surface area contributed by atoms with Crippen LogP contribution in [0.5, 0.6) is 11.5 Å². The molecule has 0 aliphatic rings. The molecule has 16 heavy (non-hydrogen) atoms. The first-order valence-electron chi connectivity index (χ1n) is 5.50. The minimum atomic E-state index is 0.561. The average molecular weight is 221 g/mol. The Labute approximate surface area is 97.1 Å². The molecule has 0 radical (unpaired) electrons. The van der Waals surface area contributed by atoms with Crippen molar-refractivity contribution in [2.24, 2.45) is 0 Å². The van der Waals surface area contributed by atoms with Crippen LogP contribution < -0.4 is 14.8 Å². The molecule has 0 unspecified atom stereocenters. The highest BCUT2D eigenvalue weighted by Gasteiger charge is 1.99. The molecule has 3 heteroatoms. The number of likely N-dealkylation sites (N-methyl/N-ethyl adjacent to an activating group) is 1. The molecule has 0 spiro atoms. The van der Waals surface area contributed by atoms with Gasteiger partial charge in [-0.05, 0) is 18.7 Å². The first-order valence-corrected chi connectivity index (χ1v) is 5.50. The minimum Gasteiger partial charge on any atom is -0.493 e. The van der Waals surface area contributed by atoms with Gasteiger partial charge in [0.15, 0.2) is 11.5 Å². The van der Waals surface area contributed by atoms with Gasteiger partial charge in [-0.3, -0.25) is 0 Å². The molecular weight excluding hydrogens is 202 g/mol. The van der Waals surface area contributed by atoms with Gasteiger partial charge in [0.1, 0.15) is 6.61 Å². The van der Waals surface area contributed by atoms with Crippen molar-refractivity contribution in [2.75, 3.05) is 26.8 Å². The summed E-state index contributed by atoms with van der Waals surface area (Å²) in [5.41, 5.74) is 0. The number of rotatable bonds is 7. The molecule has 0 heterocycles. The zero-order valence-electron chi connectivity index (χ0n) is 9.90. The first kappa shape index (κ1) is 12.6. The highest BCUT2D eigenvalue weighted by Crippen LogP contribution is 2.25. The van der Waals surface area contributed by atoms with Crippen LogP contribution in [0.3, 0.4) is 0 Å². The number of methoxy groups -OCH3 is 1. The molecule has 1 aromatic carbocycles. The molecule has 1 aromatic rings. The minimum absolute atomic E-state index is 0.561. The average Bonchev–Trinajstić information content (AvgIpc) is 2.34. The van der Waals surface area contributed by atoms with Gasteiger partial charge in [-0.2, -0.15) is 0 Å². The van der Waals surface area contributed by atoms with E-state index < -0.39 is 0 Å². The lowest BCUT2D eigenvalue weighted by atomic mass is 10.3. The van der Waals surface area contributed by atoms with Crippen molar-refractivity contribution in [3.05, 3.63) is 36.4 Å². The third-order valence-corrected chi connectivity index (χ3v) is 2.08. The van der Waals surface area contributed by atoms with Gasteiger partial charge in [-0.25, -0.2) is 0 Å². The number of hydrogen-bond acceptors (Lipinski definition) is 3. The Balaban J connectivity index is 2.34. The van der Waals surface area contributed by atoms with Gasteiger partial charge in [0.05, 0.1) is 7.11 Å². The van der Waals surface area contributed by atoms with Gasteiger partial charge in [0, 0.05) is 6.54 Å². The molecule has 0 aliphatic carbocycles. The maximum atomic E-state index is 5.57. The fourth-order valence-corrected chi connectivity index (χ4v) is 1.25. The molecule has 3 nitrogen and oxygen atoms in total. The second-order valence-electron chi connectivity index (χ2n) is 3.24. The van der Waals surface area contributed by atoms with Crippen molar-refractivity contribution in [3.63, 3.8) is 0 Å². The Hall–Kier alpha value is -1.48. The smallest absolute Gasteiger partial charge is 0.161 e. The van der Waals surface area contributed by atoms with Crippen LogP contribution in [-0.2, 0) is 0 Å². The third-order valence-electron chi connectivity index (χ3n) is 2.08. The van der Waals surface area contributed by atoms with Crippen molar-refractivity contribution in [3.8, 4) is 11.5 Å². The Morgan fingerprint density at radius 3 is 2.62 bits per heavy atom. The van der Waals surface area contributed by atoms with Crippen LogP contribution in [-0.4, -0.2) is 26.8 Å². The predicted octanol–water partition coefficient (Wildman–Crippen LogP) is 2.24. The molecule has 0 saturated carbocycles. The number of ether oxygens (including phenoxy) is 2. The number of para-hydroxylation sites is 2. The van der Waals surface area contributed by atoms with Gasteiger partial charge in [-0.15, -0.1) is 0 Å². The molecule has 0 aromatic heterocycles. The second-order valence-corrected chi connectivity index (χ2v) is 3.24. The van der Waals surface area contributed by atoms with E-state index in [1.165, 1.54) is 0 Å². The summed E-state index contributed by atoms with van der Waals surface area (Å²) >= 11 is 0. The third kappa shape index (κ3) is 4.36. The SMILES string of the molecule is CCNC/C=C/COc1ccccc1OC. The summed E-state index contributed by atoms with van der Waals surface area (Å²) in [7, 11) is 1.64. The van der Waals surface area contributed by atoms with E-state index in [4.69, 9.17) is 9.47 Å². The molecule has 1 N–H and O–H groups in total. The maximum Gasteiger partial charge on any atom is 0.161 e.